The molecule has 7 nitrogen and oxygen atoms in total. The first kappa shape index (κ1) is 20.6. The van der Waals surface area contributed by atoms with Crippen LogP contribution < -0.4 is 5.32 Å². The van der Waals surface area contributed by atoms with Gasteiger partial charge in [-0.1, -0.05) is 12.1 Å². The van der Waals surface area contributed by atoms with Gasteiger partial charge in [0.1, 0.15) is 11.1 Å². The number of nitro benzene ring substituents is 1. The lowest BCUT2D eigenvalue weighted by Gasteiger charge is -2.17. The molecule has 0 aliphatic heterocycles. The standard InChI is InChI=1S/C19H15FN2O5S2/c20-14-6-8-16(9-7-14)29(26,27)18(17-5-2-10-28-17)12-21-19(23)13-3-1-4-15(11-13)22(24)25/h1-11,18H,12H2,(H,21,23)/t18-/m0/s1. The summed E-state index contributed by atoms with van der Waals surface area (Å²) in [5.74, 6) is -1.19. The second-order valence-electron chi connectivity index (χ2n) is 6.02. The Balaban J connectivity index is 1.86. The summed E-state index contributed by atoms with van der Waals surface area (Å²) in [6, 6.07) is 12.9. The van der Waals surface area contributed by atoms with Gasteiger partial charge in [0.2, 0.25) is 0 Å². The van der Waals surface area contributed by atoms with E-state index in [1.807, 2.05) is 0 Å². The average Bonchev–Trinajstić information content (AvgIpc) is 3.22. The van der Waals surface area contributed by atoms with Crippen molar-refractivity contribution in [2.75, 3.05) is 6.54 Å². The maximum Gasteiger partial charge on any atom is 0.270 e. The van der Waals surface area contributed by atoms with Crippen LogP contribution in [0.1, 0.15) is 20.5 Å². The fraction of sp³-hybridized carbons (Fsp3) is 0.105. The quantitative estimate of drug-likeness (QED) is 0.346. The number of benzene rings is 2. The van der Waals surface area contributed by atoms with Crippen LogP contribution in [0.2, 0.25) is 0 Å². The van der Waals surface area contributed by atoms with Gasteiger partial charge in [0.05, 0.1) is 9.82 Å². The number of non-ortho nitro benzene ring substituents is 1. The van der Waals surface area contributed by atoms with Crippen LogP contribution in [0.25, 0.3) is 0 Å². The van der Waals surface area contributed by atoms with E-state index >= 15 is 0 Å². The molecule has 29 heavy (non-hydrogen) atoms. The number of nitrogens with zero attached hydrogens (tertiary/aromatic N) is 1. The molecule has 0 fully saturated rings. The van der Waals surface area contributed by atoms with Crippen molar-refractivity contribution in [1.82, 2.24) is 5.32 Å². The molecule has 1 aromatic heterocycles. The molecule has 0 bridgehead atoms. The summed E-state index contributed by atoms with van der Waals surface area (Å²) in [5.41, 5.74) is -0.199. The van der Waals surface area contributed by atoms with Gasteiger partial charge in [-0.25, -0.2) is 12.8 Å². The van der Waals surface area contributed by atoms with Gasteiger partial charge in [0.25, 0.3) is 11.6 Å². The maximum atomic E-state index is 13.2. The Morgan fingerprint density at radius 3 is 2.48 bits per heavy atom. The second-order valence-corrected chi connectivity index (χ2v) is 9.13. The third-order valence-electron chi connectivity index (χ3n) is 4.14. The molecular weight excluding hydrogens is 419 g/mol. The Labute approximate surface area is 169 Å². The zero-order valence-corrected chi connectivity index (χ0v) is 16.5. The van der Waals surface area contributed by atoms with E-state index in [4.69, 9.17) is 0 Å². The molecule has 0 radical (unpaired) electrons. The number of amides is 1. The first-order chi connectivity index (χ1) is 13.8. The van der Waals surface area contributed by atoms with Crippen molar-refractivity contribution in [3.63, 3.8) is 0 Å². The Morgan fingerprint density at radius 1 is 1.14 bits per heavy atom. The van der Waals surface area contributed by atoms with E-state index in [0.717, 1.165) is 18.2 Å². The van der Waals surface area contributed by atoms with Crippen LogP contribution in [0, 0.1) is 15.9 Å². The van der Waals surface area contributed by atoms with E-state index in [-0.39, 0.29) is 22.7 Å². The minimum atomic E-state index is -3.92. The largest absolute Gasteiger partial charge is 0.350 e. The fourth-order valence-electron chi connectivity index (χ4n) is 2.67. The molecule has 10 heteroatoms. The fourth-order valence-corrected chi connectivity index (χ4v) is 5.46. The highest BCUT2D eigenvalue weighted by Crippen LogP contribution is 2.31. The molecule has 0 aliphatic carbocycles. The lowest BCUT2D eigenvalue weighted by molar-refractivity contribution is -0.384. The van der Waals surface area contributed by atoms with Gasteiger partial charge >= 0.3 is 0 Å². The van der Waals surface area contributed by atoms with Crippen LogP contribution in [0.3, 0.4) is 0 Å². The summed E-state index contributed by atoms with van der Waals surface area (Å²) in [4.78, 5) is 23.1. The highest BCUT2D eigenvalue weighted by Gasteiger charge is 2.30. The van der Waals surface area contributed by atoms with E-state index in [2.05, 4.69) is 5.32 Å². The predicted octanol–water partition coefficient (Wildman–Crippen LogP) is 3.74. The molecule has 0 spiro atoms. The van der Waals surface area contributed by atoms with Crippen molar-refractivity contribution in [2.24, 2.45) is 0 Å². The van der Waals surface area contributed by atoms with Crippen molar-refractivity contribution in [3.8, 4) is 0 Å². The lowest BCUT2D eigenvalue weighted by atomic mass is 10.2. The molecule has 150 valence electrons. The smallest absolute Gasteiger partial charge is 0.270 e. The number of carbonyl (C=O) groups excluding carboxylic acids is 1. The molecule has 3 aromatic rings. The number of halogens is 1. The van der Waals surface area contributed by atoms with Gasteiger partial charge in [-0.05, 0) is 41.8 Å². The van der Waals surface area contributed by atoms with Gasteiger partial charge in [0.15, 0.2) is 9.84 Å². The second kappa shape index (κ2) is 8.50. The molecule has 1 N–H and O–H groups in total. The number of thiophene rings is 1. The summed E-state index contributed by atoms with van der Waals surface area (Å²) < 4.78 is 39.3. The Kier molecular flexibility index (Phi) is 6.04. The number of rotatable bonds is 7. The molecule has 0 aliphatic rings. The normalized spacial score (nSPS) is 12.3. The third kappa shape index (κ3) is 4.66. The van der Waals surface area contributed by atoms with E-state index in [0.29, 0.717) is 4.88 Å². The average molecular weight is 434 g/mol. The summed E-state index contributed by atoms with van der Waals surface area (Å²) in [6.45, 7) is -0.248. The molecule has 1 atom stereocenters. The van der Waals surface area contributed by atoms with Crippen LogP contribution in [-0.4, -0.2) is 25.8 Å². The van der Waals surface area contributed by atoms with Crippen LogP contribution in [0.5, 0.6) is 0 Å². The summed E-state index contributed by atoms with van der Waals surface area (Å²) >= 11 is 1.22. The van der Waals surface area contributed by atoms with E-state index in [1.54, 1.807) is 17.5 Å². The summed E-state index contributed by atoms with van der Waals surface area (Å²) in [5, 5.41) is 14.0. The number of hydrogen-bond acceptors (Lipinski definition) is 6. The monoisotopic (exact) mass is 434 g/mol. The SMILES string of the molecule is O=C(NC[C@@H](c1cccs1)S(=O)(=O)c1ccc(F)cc1)c1cccc([N+](=O)[O-])c1. The van der Waals surface area contributed by atoms with Crippen molar-refractivity contribution < 1.29 is 22.5 Å². The van der Waals surface area contributed by atoms with Gasteiger partial charge in [-0.3, -0.25) is 14.9 Å². The van der Waals surface area contributed by atoms with Gasteiger partial charge in [0, 0.05) is 29.1 Å². The molecule has 1 heterocycles. The molecular formula is C19H15FN2O5S2. The van der Waals surface area contributed by atoms with Gasteiger partial charge < -0.3 is 5.32 Å². The Hall–Kier alpha value is -3.11. The van der Waals surface area contributed by atoms with Crippen LogP contribution in [-0.2, 0) is 9.84 Å². The van der Waals surface area contributed by atoms with Crippen molar-refractivity contribution in [3.05, 3.63) is 92.4 Å². The predicted molar refractivity (Wildman–Crippen MR) is 106 cm³/mol. The van der Waals surface area contributed by atoms with Crippen molar-refractivity contribution in [1.29, 1.82) is 0 Å². The minimum absolute atomic E-state index is 0.0447. The van der Waals surface area contributed by atoms with E-state index in [9.17, 15) is 27.7 Å². The van der Waals surface area contributed by atoms with Crippen LogP contribution in [0.15, 0.2) is 70.9 Å². The molecule has 0 saturated carbocycles. The number of nitrogens with one attached hydrogen (secondary N) is 1. The van der Waals surface area contributed by atoms with Crippen molar-refractivity contribution >= 4 is 32.8 Å². The number of sulfone groups is 1. The van der Waals surface area contributed by atoms with E-state index < -0.39 is 31.7 Å². The van der Waals surface area contributed by atoms with Gasteiger partial charge in [-0.15, -0.1) is 11.3 Å². The molecule has 0 saturated heterocycles. The maximum absolute atomic E-state index is 13.2. The topological polar surface area (TPSA) is 106 Å². The zero-order valence-electron chi connectivity index (χ0n) is 14.8. The molecule has 3 rings (SSSR count). The molecule has 0 unspecified atom stereocenters. The molecule has 1 amide bonds. The number of nitro groups is 1. The molecule has 2 aromatic carbocycles. The van der Waals surface area contributed by atoms with Crippen LogP contribution >= 0.6 is 11.3 Å². The summed E-state index contributed by atoms with van der Waals surface area (Å²) in [7, 11) is -3.92. The van der Waals surface area contributed by atoms with Gasteiger partial charge in [-0.2, -0.15) is 0 Å². The Morgan fingerprint density at radius 2 is 1.86 bits per heavy atom. The van der Waals surface area contributed by atoms with Crippen molar-refractivity contribution in [2.45, 2.75) is 10.1 Å². The zero-order chi connectivity index (χ0) is 21.0. The summed E-state index contributed by atoms with van der Waals surface area (Å²) in [6.07, 6.45) is 0. The highest BCUT2D eigenvalue weighted by molar-refractivity contribution is 7.91. The first-order valence-electron chi connectivity index (χ1n) is 8.34. The third-order valence-corrected chi connectivity index (χ3v) is 7.38. The van der Waals surface area contributed by atoms with Crippen LogP contribution in [0.4, 0.5) is 10.1 Å². The first-order valence-corrected chi connectivity index (χ1v) is 10.8. The minimum Gasteiger partial charge on any atom is -0.350 e. The Bertz CT molecular complexity index is 1130. The van der Waals surface area contributed by atoms with E-state index in [1.165, 1.54) is 41.7 Å². The number of carbonyl (C=O) groups is 1. The highest BCUT2D eigenvalue weighted by atomic mass is 32.2. The number of hydrogen-bond donors (Lipinski definition) is 1. The lowest BCUT2D eigenvalue weighted by Crippen LogP contribution is -2.31.